The van der Waals surface area contributed by atoms with Crippen molar-refractivity contribution in [3.63, 3.8) is 0 Å². The predicted molar refractivity (Wildman–Crippen MR) is 125 cm³/mol. The molecule has 33 heavy (non-hydrogen) atoms. The number of hydrogen-bond donors (Lipinski definition) is 1. The molecule has 1 aliphatic heterocycles. The number of anilines is 1. The number of rotatable bonds is 7. The van der Waals surface area contributed by atoms with Crippen LogP contribution < -0.4 is 14.8 Å². The highest BCUT2D eigenvalue weighted by molar-refractivity contribution is 6.35. The van der Waals surface area contributed by atoms with E-state index >= 15 is 0 Å². The number of carbonyl (C=O) groups is 2. The lowest BCUT2D eigenvalue weighted by atomic mass is 10.1. The summed E-state index contributed by atoms with van der Waals surface area (Å²) in [6.45, 7) is 1.94. The van der Waals surface area contributed by atoms with Crippen LogP contribution in [0.4, 0.5) is 5.69 Å². The summed E-state index contributed by atoms with van der Waals surface area (Å²) in [7, 11) is 1.46. The van der Waals surface area contributed by atoms with E-state index in [1.165, 1.54) is 31.4 Å². The average Bonchev–Trinajstić information content (AvgIpc) is 2.81. The number of amides is 2. The molecule has 3 rings (SSSR count). The van der Waals surface area contributed by atoms with Crippen LogP contribution in [0.25, 0.3) is 6.08 Å². The van der Waals surface area contributed by atoms with Gasteiger partial charge in [0, 0.05) is 28.8 Å². The van der Waals surface area contributed by atoms with Crippen molar-refractivity contribution in [3.8, 4) is 17.6 Å². The maximum atomic E-state index is 12.5. The third-order valence-electron chi connectivity index (χ3n) is 4.70. The van der Waals surface area contributed by atoms with Crippen LogP contribution in [-0.2, 0) is 14.3 Å². The summed E-state index contributed by atoms with van der Waals surface area (Å²) < 4.78 is 16.2. The van der Waals surface area contributed by atoms with Crippen LogP contribution in [-0.4, -0.2) is 56.7 Å². The topological polar surface area (TPSA) is 101 Å². The monoisotopic (exact) mass is 489 g/mol. The van der Waals surface area contributed by atoms with E-state index in [0.29, 0.717) is 59.1 Å². The molecule has 0 unspecified atom stereocenters. The fraction of sp³-hybridized carbons (Fsp3) is 0.261. The molecule has 1 fully saturated rings. The number of halogens is 2. The summed E-state index contributed by atoms with van der Waals surface area (Å²) in [4.78, 5) is 26.5. The first-order valence-corrected chi connectivity index (χ1v) is 10.7. The van der Waals surface area contributed by atoms with Gasteiger partial charge in [-0.3, -0.25) is 9.59 Å². The molecule has 10 heteroatoms. The average molecular weight is 490 g/mol. The summed E-state index contributed by atoms with van der Waals surface area (Å²) in [5.74, 6) is -0.0363. The van der Waals surface area contributed by atoms with Crippen LogP contribution in [0.1, 0.15) is 5.56 Å². The lowest BCUT2D eigenvalue weighted by Gasteiger charge is -2.26. The van der Waals surface area contributed by atoms with E-state index in [1.54, 1.807) is 23.1 Å². The molecule has 1 N–H and O–H groups in total. The first-order valence-electron chi connectivity index (χ1n) is 9.95. The Hall–Kier alpha value is -3.25. The Morgan fingerprint density at radius 3 is 2.48 bits per heavy atom. The van der Waals surface area contributed by atoms with Crippen molar-refractivity contribution >= 4 is 46.8 Å². The van der Waals surface area contributed by atoms with Gasteiger partial charge >= 0.3 is 0 Å². The second kappa shape index (κ2) is 11.6. The number of ether oxygens (including phenoxy) is 3. The zero-order valence-electron chi connectivity index (χ0n) is 17.8. The molecule has 0 bridgehead atoms. The Bertz CT molecular complexity index is 1090. The maximum Gasteiger partial charge on any atom is 0.266 e. The number of nitriles is 1. The molecular weight excluding hydrogens is 469 g/mol. The third-order valence-corrected chi connectivity index (χ3v) is 5.14. The zero-order valence-corrected chi connectivity index (χ0v) is 19.3. The minimum atomic E-state index is -0.619. The lowest BCUT2D eigenvalue weighted by molar-refractivity contribution is -0.137. The van der Waals surface area contributed by atoms with Crippen LogP contribution in [0.3, 0.4) is 0 Å². The minimum Gasteiger partial charge on any atom is -0.493 e. The smallest absolute Gasteiger partial charge is 0.266 e. The second-order valence-corrected chi connectivity index (χ2v) is 7.85. The zero-order chi connectivity index (χ0) is 23.8. The van der Waals surface area contributed by atoms with Crippen LogP contribution in [0.15, 0.2) is 42.0 Å². The summed E-state index contributed by atoms with van der Waals surface area (Å²) in [6, 6.07) is 11.3. The van der Waals surface area contributed by atoms with Crippen molar-refractivity contribution < 1.29 is 23.8 Å². The van der Waals surface area contributed by atoms with Crippen molar-refractivity contribution in [2.45, 2.75) is 0 Å². The van der Waals surface area contributed by atoms with Crippen LogP contribution in [0.2, 0.25) is 10.0 Å². The van der Waals surface area contributed by atoms with Crippen molar-refractivity contribution in [1.29, 1.82) is 5.26 Å². The van der Waals surface area contributed by atoms with Gasteiger partial charge < -0.3 is 24.4 Å². The summed E-state index contributed by atoms with van der Waals surface area (Å²) >= 11 is 11.9. The lowest BCUT2D eigenvalue weighted by Crippen LogP contribution is -2.43. The van der Waals surface area contributed by atoms with Gasteiger partial charge in [0.25, 0.3) is 11.8 Å². The molecule has 0 spiro atoms. The van der Waals surface area contributed by atoms with Crippen LogP contribution >= 0.6 is 23.2 Å². The molecule has 0 atom stereocenters. The number of hydrogen-bond acceptors (Lipinski definition) is 6. The highest BCUT2D eigenvalue weighted by Gasteiger charge is 2.18. The Morgan fingerprint density at radius 2 is 1.85 bits per heavy atom. The van der Waals surface area contributed by atoms with E-state index < -0.39 is 5.91 Å². The van der Waals surface area contributed by atoms with E-state index in [1.807, 2.05) is 6.07 Å². The second-order valence-electron chi connectivity index (χ2n) is 6.97. The largest absolute Gasteiger partial charge is 0.493 e. The quantitative estimate of drug-likeness (QED) is 0.468. The van der Waals surface area contributed by atoms with Crippen LogP contribution in [0.5, 0.6) is 11.5 Å². The molecule has 1 saturated heterocycles. The van der Waals surface area contributed by atoms with Gasteiger partial charge in [-0.25, -0.2) is 0 Å². The minimum absolute atomic E-state index is 0.135. The SMILES string of the molecule is COc1cc(/C=C(\C#N)C(=O)Nc2cc(Cl)cc(Cl)c2)ccc1OCC(=O)N1CCOCC1. The molecular formula is C23H21Cl2N3O5. The summed E-state index contributed by atoms with van der Waals surface area (Å²) in [5, 5.41) is 12.8. The third kappa shape index (κ3) is 6.86. The first-order chi connectivity index (χ1) is 15.9. The van der Waals surface area contributed by atoms with Gasteiger partial charge in [-0.15, -0.1) is 0 Å². The standard InChI is InChI=1S/C23H21Cl2N3O5/c1-31-21-9-15(2-3-20(21)33-14-22(29)28-4-6-32-7-5-28)8-16(13-26)23(30)27-19-11-17(24)10-18(25)12-19/h2-3,8-12H,4-7,14H2,1H3,(H,27,30)/b16-8+. The van der Waals surface area contributed by atoms with Crippen molar-refractivity contribution in [1.82, 2.24) is 4.90 Å². The molecule has 2 amide bonds. The van der Waals surface area contributed by atoms with Gasteiger partial charge in [0.1, 0.15) is 11.6 Å². The molecule has 0 aliphatic carbocycles. The fourth-order valence-electron chi connectivity index (χ4n) is 3.08. The molecule has 2 aromatic carbocycles. The Morgan fingerprint density at radius 1 is 1.15 bits per heavy atom. The van der Waals surface area contributed by atoms with E-state index in [2.05, 4.69) is 5.32 Å². The van der Waals surface area contributed by atoms with E-state index in [9.17, 15) is 14.9 Å². The van der Waals surface area contributed by atoms with Gasteiger partial charge in [0.2, 0.25) is 0 Å². The van der Waals surface area contributed by atoms with E-state index in [0.717, 1.165) is 0 Å². The Balaban J connectivity index is 1.70. The molecule has 8 nitrogen and oxygen atoms in total. The van der Waals surface area contributed by atoms with Gasteiger partial charge in [0.15, 0.2) is 18.1 Å². The molecule has 172 valence electrons. The Labute approximate surface area is 201 Å². The molecule has 0 aromatic heterocycles. The van der Waals surface area contributed by atoms with Crippen LogP contribution in [0, 0.1) is 11.3 Å². The Kier molecular flexibility index (Phi) is 8.55. The number of carbonyl (C=O) groups excluding carboxylic acids is 2. The molecule has 1 aliphatic rings. The normalized spacial score (nSPS) is 13.8. The highest BCUT2D eigenvalue weighted by atomic mass is 35.5. The van der Waals surface area contributed by atoms with Crippen molar-refractivity contribution in [3.05, 3.63) is 57.6 Å². The number of nitrogens with zero attached hydrogens (tertiary/aromatic N) is 2. The van der Waals surface area contributed by atoms with E-state index in [4.69, 9.17) is 37.4 Å². The van der Waals surface area contributed by atoms with Crippen molar-refractivity contribution in [2.24, 2.45) is 0 Å². The number of methoxy groups -OCH3 is 1. The van der Waals surface area contributed by atoms with Crippen molar-refractivity contribution in [2.75, 3.05) is 45.3 Å². The molecule has 0 radical (unpaired) electrons. The maximum absolute atomic E-state index is 12.5. The highest BCUT2D eigenvalue weighted by Crippen LogP contribution is 2.29. The van der Waals surface area contributed by atoms with Gasteiger partial charge in [-0.2, -0.15) is 5.26 Å². The van der Waals surface area contributed by atoms with Gasteiger partial charge in [0.05, 0.1) is 20.3 Å². The predicted octanol–water partition coefficient (Wildman–Crippen LogP) is 3.79. The molecule has 1 heterocycles. The number of morpholine rings is 1. The molecule has 0 saturated carbocycles. The van der Waals surface area contributed by atoms with Gasteiger partial charge in [-0.05, 0) is 42.0 Å². The molecule has 2 aromatic rings. The summed E-state index contributed by atoms with van der Waals surface area (Å²) in [6.07, 6.45) is 1.41. The number of benzene rings is 2. The summed E-state index contributed by atoms with van der Waals surface area (Å²) in [5.41, 5.74) is 0.767. The number of nitrogens with one attached hydrogen (secondary N) is 1. The fourth-order valence-corrected chi connectivity index (χ4v) is 3.60. The first kappa shape index (κ1) is 24.4. The van der Waals surface area contributed by atoms with Gasteiger partial charge in [-0.1, -0.05) is 29.3 Å². The van der Waals surface area contributed by atoms with E-state index in [-0.39, 0.29) is 18.1 Å².